The number of piperazine rings is 1. The van der Waals surface area contributed by atoms with Gasteiger partial charge in [0.1, 0.15) is 12.1 Å². The monoisotopic (exact) mass is 615 g/mol. The number of carbonyl (C=O) groups excluding carboxylic acids is 3. The van der Waals surface area contributed by atoms with Crippen LogP contribution in [0.5, 0.6) is 0 Å². The van der Waals surface area contributed by atoms with Crippen LogP contribution in [0, 0.1) is 11.3 Å². The molecule has 2 N–H and O–H groups in total. The Morgan fingerprint density at radius 3 is 2.19 bits per heavy atom. The number of benzene rings is 1. The van der Waals surface area contributed by atoms with E-state index >= 15 is 0 Å². The Bertz CT molecular complexity index is 1100. The number of nitrogens with one attached hydrogen (secondary N) is 2. The summed E-state index contributed by atoms with van der Waals surface area (Å²) in [5.74, 6) is 0.297. The lowest BCUT2D eigenvalue weighted by Gasteiger charge is -2.48. The third-order valence-electron chi connectivity index (χ3n) is 9.97. The molecule has 0 unspecified atom stereocenters. The predicted molar refractivity (Wildman–Crippen MR) is 173 cm³/mol. The van der Waals surface area contributed by atoms with Gasteiger partial charge in [0.2, 0.25) is 17.7 Å². The molecule has 4 rings (SSSR count). The van der Waals surface area contributed by atoms with Crippen molar-refractivity contribution < 1.29 is 14.4 Å². The maximum absolute atomic E-state index is 14.2. The second-order valence-electron chi connectivity index (χ2n) is 14.5. The average molecular weight is 616 g/mol. The van der Waals surface area contributed by atoms with Crippen LogP contribution in [0.25, 0.3) is 0 Å². The molecule has 1 aromatic carbocycles. The molecule has 43 heavy (non-hydrogen) atoms. The molecule has 0 aromatic heterocycles. The fourth-order valence-corrected chi connectivity index (χ4v) is 7.38. The van der Waals surface area contributed by atoms with Crippen LogP contribution < -0.4 is 10.6 Å². The van der Waals surface area contributed by atoms with E-state index in [1.807, 2.05) is 57.0 Å². The van der Waals surface area contributed by atoms with Gasteiger partial charge in [-0.25, -0.2) is 0 Å². The minimum absolute atomic E-state index is 0.0732. The molecule has 1 saturated carbocycles. The van der Waals surface area contributed by atoms with E-state index in [0.717, 1.165) is 44.3 Å². The lowest BCUT2D eigenvalue weighted by molar-refractivity contribution is -0.147. The molecular weight excluding hydrogens is 562 g/mol. The van der Waals surface area contributed by atoms with Crippen molar-refractivity contribution in [3.8, 4) is 0 Å². The molecular formula is C34H54ClN5O3. The van der Waals surface area contributed by atoms with Crippen LogP contribution >= 0.6 is 11.6 Å². The number of rotatable bonds is 8. The summed E-state index contributed by atoms with van der Waals surface area (Å²) in [6.45, 7) is 13.8. The van der Waals surface area contributed by atoms with E-state index in [1.165, 1.54) is 6.42 Å². The summed E-state index contributed by atoms with van der Waals surface area (Å²) in [4.78, 5) is 48.1. The quantitative estimate of drug-likeness (QED) is 0.450. The Balaban J connectivity index is 1.52. The minimum Gasteiger partial charge on any atom is -0.351 e. The molecule has 2 heterocycles. The lowest BCUT2D eigenvalue weighted by atomic mass is 9.63. The van der Waals surface area contributed by atoms with Crippen LogP contribution in [0.1, 0.15) is 85.1 Å². The number of hydrogen-bond acceptors (Lipinski definition) is 5. The van der Waals surface area contributed by atoms with Gasteiger partial charge in [-0.2, -0.15) is 0 Å². The van der Waals surface area contributed by atoms with E-state index in [4.69, 9.17) is 11.6 Å². The van der Waals surface area contributed by atoms with Crippen LogP contribution in [0.4, 0.5) is 0 Å². The van der Waals surface area contributed by atoms with Gasteiger partial charge in [-0.1, -0.05) is 43.0 Å². The lowest BCUT2D eigenvalue weighted by Crippen LogP contribution is -2.62. The van der Waals surface area contributed by atoms with E-state index < -0.39 is 11.5 Å². The Labute approximate surface area is 264 Å². The number of likely N-dealkylation sites (N-methyl/N-ethyl adjacent to an activating group) is 1. The van der Waals surface area contributed by atoms with Crippen molar-refractivity contribution in [1.82, 2.24) is 25.3 Å². The van der Waals surface area contributed by atoms with Gasteiger partial charge in [-0.3, -0.25) is 24.2 Å². The molecule has 3 fully saturated rings. The molecule has 1 aliphatic carbocycles. The molecule has 3 amide bonds. The maximum Gasteiger partial charge on any atom is 0.245 e. The largest absolute Gasteiger partial charge is 0.351 e. The first kappa shape index (κ1) is 33.7. The van der Waals surface area contributed by atoms with Crippen molar-refractivity contribution in [3.63, 3.8) is 0 Å². The second-order valence-corrected chi connectivity index (χ2v) is 14.9. The van der Waals surface area contributed by atoms with Crippen LogP contribution in [-0.2, 0) is 20.8 Å². The topological polar surface area (TPSA) is 85.0 Å². The predicted octanol–water partition coefficient (Wildman–Crippen LogP) is 4.50. The highest BCUT2D eigenvalue weighted by atomic mass is 35.5. The summed E-state index contributed by atoms with van der Waals surface area (Å²) in [5.41, 5.74) is 0.184. The SMILES string of the molecule is CC(C)N1CCN(C)[C@H](C(=O)N[C@H](Cc2ccc(Cl)cc2)C(=O)N2CCC(C(=O)NC(C)(C)C)(C3CCCCC3)CC2)C1. The molecule has 0 bridgehead atoms. The zero-order valence-electron chi connectivity index (χ0n) is 27.3. The zero-order chi connectivity index (χ0) is 31.4. The van der Waals surface area contributed by atoms with Crippen molar-refractivity contribution in [2.75, 3.05) is 39.8 Å². The van der Waals surface area contributed by atoms with Gasteiger partial charge >= 0.3 is 0 Å². The Kier molecular flexibility index (Phi) is 11.2. The van der Waals surface area contributed by atoms with Gasteiger partial charge in [0.25, 0.3) is 0 Å². The first-order valence-corrected chi connectivity index (χ1v) is 16.8. The molecule has 2 saturated heterocycles. The molecule has 0 spiro atoms. The summed E-state index contributed by atoms with van der Waals surface area (Å²) in [6, 6.07) is 6.82. The van der Waals surface area contributed by atoms with E-state index in [1.54, 1.807) is 0 Å². The van der Waals surface area contributed by atoms with Crippen molar-refractivity contribution >= 4 is 29.3 Å². The Morgan fingerprint density at radius 2 is 1.60 bits per heavy atom. The van der Waals surface area contributed by atoms with E-state index in [9.17, 15) is 14.4 Å². The highest BCUT2D eigenvalue weighted by molar-refractivity contribution is 6.30. The second kappa shape index (κ2) is 14.3. The highest BCUT2D eigenvalue weighted by Crippen LogP contribution is 2.46. The molecule has 240 valence electrons. The van der Waals surface area contributed by atoms with Gasteiger partial charge in [0.15, 0.2) is 0 Å². The standard InChI is InChI=1S/C34H54ClN5O3/c1-24(2)40-21-20-38(6)29(23-40)30(41)36-28(22-25-12-14-27(35)15-13-25)31(42)39-18-16-34(17-19-39,26-10-8-7-9-11-26)32(43)37-33(3,4)5/h12-15,24,26,28-29H,7-11,16-23H2,1-6H3,(H,36,41)(H,37,43)/t28-,29+/m1/s1. The Hall–Kier alpha value is -2.16. The molecule has 1 aromatic rings. The number of hydrogen-bond donors (Lipinski definition) is 2. The average Bonchev–Trinajstić information content (AvgIpc) is 2.97. The number of amides is 3. The number of nitrogens with zero attached hydrogens (tertiary/aromatic N) is 3. The molecule has 2 atom stereocenters. The van der Waals surface area contributed by atoms with Gasteiger partial charge < -0.3 is 15.5 Å². The fourth-order valence-electron chi connectivity index (χ4n) is 7.26. The van der Waals surface area contributed by atoms with Crippen LogP contribution in [0.3, 0.4) is 0 Å². The third kappa shape index (κ3) is 8.52. The molecule has 9 heteroatoms. The van der Waals surface area contributed by atoms with Crippen LogP contribution in [-0.4, -0.2) is 95.9 Å². The first-order valence-electron chi connectivity index (χ1n) is 16.4. The van der Waals surface area contributed by atoms with Gasteiger partial charge in [-0.05, 0) is 91.0 Å². The maximum atomic E-state index is 14.2. The summed E-state index contributed by atoms with van der Waals surface area (Å²) < 4.78 is 0. The summed E-state index contributed by atoms with van der Waals surface area (Å²) in [7, 11) is 1.98. The smallest absolute Gasteiger partial charge is 0.245 e. The van der Waals surface area contributed by atoms with E-state index in [2.05, 4.69) is 34.3 Å². The zero-order valence-corrected chi connectivity index (χ0v) is 28.0. The van der Waals surface area contributed by atoms with Crippen molar-refractivity contribution in [2.24, 2.45) is 11.3 Å². The third-order valence-corrected chi connectivity index (χ3v) is 10.2. The molecule has 3 aliphatic rings. The van der Waals surface area contributed by atoms with Crippen LogP contribution in [0.15, 0.2) is 24.3 Å². The number of halogens is 1. The molecule has 2 aliphatic heterocycles. The van der Waals surface area contributed by atoms with Gasteiger partial charge in [-0.15, -0.1) is 0 Å². The van der Waals surface area contributed by atoms with Crippen molar-refractivity contribution in [2.45, 2.75) is 110 Å². The summed E-state index contributed by atoms with van der Waals surface area (Å²) in [5, 5.41) is 7.09. The van der Waals surface area contributed by atoms with Gasteiger partial charge in [0.05, 0.1) is 5.41 Å². The van der Waals surface area contributed by atoms with Gasteiger partial charge in [0, 0.05) is 55.7 Å². The number of likely N-dealkylation sites (tertiary alicyclic amines) is 1. The Morgan fingerprint density at radius 1 is 0.977 bits per heavy atom. The number of piperidine rings is 1. The van der Waals surface area contributed by atoms with Crippen molar-refractivity contribution in [3.05, 3.63) is 34.9 Å². The van der Waals surface area contributed by atoms with E-state index in [0.29, 0.717) is 55.9 Å². The molecule has 0 radical (unpaired) electrons. The van der Waals surface area contributed by atoms with Crippen LogP contribution in [0.2, 0.25) is 5.02 Å². The number of carbonyl (C=O) groups is 3. The van der Waals surface area contributed by atoms with E-state index in [-0.39, 0.29) is 29.3 Å². The highest BCUT2D eigenvalue weighted by Gasteiger charge is 2.49. The summed E-state index contributed by atoms with van der Waals surface area (Å²) in [6.07, 6.45) is 7.40. The molecule has 8 nitrogen and oxygen atoms in total. The summed E-state index contributed by atoms with van der Waals surface area (Å²) >= 11 is 6.14. The minimum atomic E-state index is -0.693. The first-order chi connectivity index (χ1) is 20.3. The normalized spacial score (nSPS) is 23.2. The van der Waals surface area contributed by atoms with Crippen molar-refractivity contribution in [1.29, 1.82) is 0 Å². The fraction of sp³-hybridized carbons (Fsp3) is 0.735.